The van der Waals surface area contributed by atoms with Crippen LogP contribution in [0.25, 0.3) is 0 Å². The normalized spacial score (nSPS) is 10.8. The van der Waals surface area contributed by atoms with Crippen LogP contribution in [-0.4, -0.2) is 18.0 Å². The second-order valence-electron chi connectivity index (χ2n) is 6.17. The quantitative estimate of drug-likeness (QED) is 0.286. The van der Waals surface area contributed by atoms with Gasteiger partial charge in [-0.25, -0.2) is 4.39 Å². The highest BCUT2D eigenvalue weighted by molar-refractivity contribution is 14.0. The number of benzene rings is 2. The van der Waals surface area contributed by atoms with E-state index < -0.39 is 0 Å². The van der Waals surface area contributed by atoms with E-state index >= 15 is 0 Å². The van der Waals surface area contributed by atoms with E-state index in [0.717, 1.165) is 22.6 Å². The van der Waals surface area contributed by atoms with Crippen LogP contribution in [0.15, 0.2) is 77.9 Å². The minimum Gasteiger partial charge on any atom is -0.487 e. The number of hydrogen-bond donors (Lipinski definition) is 2. The minimum absolute atomic E-state index is 0. The summed E-state index contributed by atoms with van der Waals surface area (Å²) in [5, 5.41) is 6.43. The average Bonchev–Trinajstić information content (AvgIpc) is 2.73. The highest BCUT2D eigenvalue weighted by Gasteiger charge is 2.02. The van der Waals surface area contributed by atoms with E-state index in [1.165, 1.54) is 12.1 Å². The van der Waals surface area contributed by atoms with Crippen molar-refractivity contribution in [2.24, 2.45) is 4.99 Å². The van der Waals surface area contributed by atoms with Gasteiger partial charge in [0.05, 0.1) is 5.69 Å². The minimum atomic E-state index is -0.246. The molecular weight excluding hydrogens is 482 g/mol. The molecule has 0 amide bonds. The summed E-state index contributed by atoms with van der Waals surface area (Å²) in [5.74, 6) is 1.18. The van der Waals surface area contributed by atoms with E-state index in [4.69, 9.17) is 4.74 Å². The number of pyridine rings is 1. The highest BCUT2D eigenvalue weighted by atomic mass is 127. The summed E-state index contributed by atoms with van der Waals surface area (Å²) in [5.41, 5.74) is 2.80. The van der Waals surface area contributed by atoms with Crippen LogP contribution in [0.4, 0.5) is 4.39 Å². The van der Waals surface area contributed by atoms with Crippen molar-refractivity contribution in [3.63, 3.8) is 0 Å². The number of ether oxygens (including phenoxy) is 1. The smallest absolute Gasteiger partial charge is 0.191 e. The van der Waals surface area contributed by atoms with Crippen LogP contribution in [0.5, 0.6) is 5.75 Å². The molecule has 0 aliphatic heterocycles. The molecule has 0 saturated carbocycles. The Morgan fingerprint density at radius 2 is 1.69 bits per heavy atom. The van der Waals surface area contributed by atoms with Gasteiger partial charge >= 0.3 is 0 Å². The van der Waals surface area contributed by atoms with Crippen LogP contribution < -0.4 is 15.4 Å². The Hall–Kier alpha value is -2.68. The Morgan fingerprint density at radius 1 is 0.966 bits per heavy atom. The number of nitrogens with zero attached hydrogens (tertiary/aromatic N) is 2. The van der Waals surface area contributed by atoms with Crippen molar-refractivity contribution >= 4 is 29.9 Å². The molecule has 7 heteroatoms. The molecule has 2 N–H and O–H groups in total. The third-order valence-corrected chi connectivity index (χ3v) is 4.04. The molecule has 0 spiro atoms. The largest absolute Gasteiger partial charge is 0.487 e. The van der Waals surface area contributed by atoms with Gasteiger partial charge in [-0.05, 0) is 47.5 Å². The molecule has 3 rings (SSSR count). The lowest BCUT2D eigenvalue weighted by Gasteiger charge is -2.13. The first-order chi connectivity index (χ1) is 13.7. The Kier molecular flexibility index (Phi) is 9.36. The van der Waals surface area contributed by atoms with Crippen molar-refractivity contribution in [2.45, 2.75) is 19.7 Å². The van der Waals surface area contributed by atoms with E-state index in [2.05, 4.69) is 20.6 Å². The first kappa shape index (κ1) is 22.6. The molecule has 0 radical (unpaired) electrons. The Balaban J connectivity index is 0.00000300. The summed E-state index contributed by atoms with van der Waals surface area (Å²) in [6.07, 6.45) is 1.75. The molecule has 3 aromatic rings. The van der Waals surface area contributed by atoms with Crippen LogP contribution in [0.1, 0.15) is 16.8 Å². The third kappa shape index (κ3) is 7.69. The summed E-state index contributed by atoms with van der Waals surface area (Å²) in [7, 11) is 1.70. The first-order valence-electron chi connectivity index (χ1n) is 9.03. The van der Waals surface area contributed by atoms with Gasteiger partial charge in [0.25, 0.3) is 0 Å². The monoisotopic (exact) mass is 506 g/mol. The van der Waals surface area contributed by atoms with Crippen LogP contribution in [0.3, 0.4) is 0 Å². The Bertz CT molecular complexity index is 921. The lowest BCUT2D eigenvalue weighted by atomic mass is 10.2. The predicted octanol–water partition coefficient (Wildman–Crippen LogP) is 4.28. The van der Waals surface area contributed by atoms with Crippen LogP contribution in [-0.2, 0) is 19.7 Å². The van der Waals surface area contributed by atoms with Gasteiger partial charge in [-0.2, -0.15) is 0 Å². The van der Waals surface area contributed by atoms with Crippen molar-refractivity contribution in [1.29, 1.82) is 0 Å². The fourth-order valence-corrected chi connectivity index (χ4v) is 2.63. The van der Waals surface area contributed by atoms with Crippen molar-refractivity contribution in [1.82, 2.24) is 15.6 Å². The zero-order chi connectivity index (χ0) is 19.6. The van der Waals surface area contributed by atoms with Crippen LogP contribution in [0.2, 0.25) is 0 Å². The van der Waals surface area contributed by atoms with E-state index in [1.807, 2.05) is 48.5 Å². The van der Waals surface area contributed by atoms with Gasteiger partial charge in [-0.3, -0.25) is 9.98 Å². The number of guanidine groups is 1. The fourth-order valence-electron chi connectivity index (χ4n) is 2.63. The maximum absolute atomic E-state index is 13.3. The Morgan fingerprint density at radius 3 is 2.34 bits per heavy atom. The maximum Gasteiger partial charge on any atom is 0.191 e. The van der Waals surface area contributed by atoms with Crippen molar-refractivity contribution < 1.29 is 9.13 Å². The van der Waals surface area contributed by atoms with Gasteiger partial charge in [0.1, 0.15) is 18.2 Å². The average molecular weight is 506 g/mol. The molecule has 0 unspecified atom stereocenters. The van der Waals surface area contributed by atoms with E-state index in [0.29, 0.717) is 25.7 Å². The molecule has 0 aliphatic carbocycles. The van der Waals surface area contributed by atoms with Gasteiger partial charge in [0, 0.05) is 26.3 Å². The number of hydrogen-bond acceptors (Lipinski definition) is 3. The standard InChI is InChI=1S/C22H23FN4O.HI/c1-24-22(26-14-17-6-4-8-19(23)12-17)27-15-18-7-5-10-21(13-18)28-16-20-9-2-3-11-25-20;/h2-13H,14-16H2,1H3,(H2,24,26,27);1H. The SMILES string of the molecule is CN=C(NCc1cccc(F)c1)NCc1cccc(OCc2ccccn2)c1.I. The van der Waals surface area contributed by atoms with Crippen LogP contribution in [0, 0.1) is 5.82 Å². The molecule has 0 fully saturated rings. The molecule has 1 heterocycles. The number of halogens is 2. The number of aromatic nitrogens is 1. The maximum atomic E-state index is 13.3. The van der Waals surface area contributed by atoms with Crippen molar-refractivity contribution in [3.8, 4) is 5.75 Å². The van der Waals surface area contributed by atoms with E-state index in [1.54, 1.807) is 19.3 Å². The lowest BCUT2D eigenvalue weighted by molar-refractivity contribution is 0.301. The number of nitrogens with one attached hydrogen (secondary N) is 2. The molecule has 0 bridgehead atoms. The second-order valence-corrected chi connectivity index (χ2v) is 6.17. The summed E-state index contributed by atoms with van der Waals surface area (Å²) in [6, 6.07) is 20.1. The molecule has 0 saturated heterocycles. The third-order valence-electron chi connectivity index (χ3n) is 4.04. The van der Waals surface area contributed by atoms with Gasteiger partial charge < -0.3 is 15.4 Å². The number of aliphatic imine (C=N–C) groups is 1. The molecule has 152 valence electrons. The topological polar surface area (TPSA) is 58.5 Å². The highest BCUT2D eigenvalue weighted by Crippen LogP contribution is 2.14. The fraction of sp³-hybridized carbons (Fsp3) is 0.182. The lowest BCUT2D eigenvalue weighted by Crippen LogP contribution is -2.36. The number of rotatable bonds is 7. The van der Waals surface area contributed by atoms with Crippen LogP contribution >= 0.6 is 24.0 Å². The predicted molar refractivity (Wildman–Crippen MR) is 124 cm³/mol. The summed E-state index contributed by atoms with van der Waals surface area (Å²) in [4.78, 5) is 8.45. The summed E-state index contributed by atoms with van der Waals surface area (Å²) >= 11 is 0. The van der Waals surface area contributed by atoms with Gasteiger partial charge in [0.2, 0.25) is 0 Å². The zero-order valence-electron chi connectivity index (χ0n) is 16.1. The molecule has 2 aromatic carbocycles. The second kappa shape index (κ2) is 12.0. The van der Waals surface area contributed by atoms with Gasteiger partial charge in [-0.1, -0.05) is 30.3 Å². The summed E-state index contributed by atoms with van der Waals surface area (Å²) in [6.45, 7) is 1.50. The van der Waals surface area contributed by atoms with E-state index in [9.17, 15) is 4.39 Å². The molecule has 5 nitrogen and oxygen atoms in total. The zero-order valence-corrected chi connectivity index (χ0v) is 18.5. The molecule has 1 aromatic heterocycles. The van der Waals surface area contributed by atoms with Crippen molar-refractivity contribution in [3.05, 3.63) is 95.6 Å². The first-order valence-corrected chi connectivity index (χ1v) is 9.03. The molecular formula is C22H24FIN4O. The van der Waals surface area contributed by atoms with Crippen molar-refractivity contribution in [2.75, 3.05) is 7.05 Å². The Labute approximate surface area is 187 Å². The summed E-state index contributed by atoms with van der Waals surface area (Å²) < 4.78 is 19.1. The van der Waals surface area contributed by atoms with Gasteiger partial charge in [0.15, 0.2) is 5.96 Å². The molecule has 0 aliphatic rings. The molecule has 29 heavy (non-hydrogen) atoms. The van der Waals surface area contributed by atoms with Gasteiger partial charge in [-0.15, -0.1) is 24.0 Å². The molecule has 0 atom stereocenters. The van der Waals surface area contributed by atoms with E-state index in [-0.39, 0.29) is 29.8 Å².